The van der Waals surface area contributed by atoms with Crippen molar-refractivity contribution in [2.75, 3.05) is 9.80 Å². The number of aromatic nitrogens is 2. The van der Waals surface area contributed by atoms with Gasteiger partial charge in [0, 0.05) is 12.8 Å². The lowest BCUT2D eigenvalue weighted by molar-refractivity contribution is -0.138. The van der Waals surface area contributed by atoms with Crippen LogP contribution in [-0.4, -0.2) is 44.1 Å². The number of anilines is 2. The fourth-order valence-corrected chi connectivity index (χ4v) is 9.56. The van der Waals surface area contributed by atoms with Crippen molar-refractivity contribution in [2.45, 2.75) is 45.7 Å². The van der Waals surface area contributed by atoms with Gasteiger partial charge in [0.05, 0.1) is 65.3 Å². The minimum absolute atomic E-state index is 0.0154. The summed E-state index contributed by atoms with van der Waals surface area (Å²) < 4.78 is 84.1. The van der Waals surface area contributed by atoms with Crippen molar-refractivity contribution in [2.24, 2.45) is 0 Å². The van der Waals surface area contributed by atoms with E-state index in [1.165, 1.54) is 36.4 Å². The predicted molar refractivity (Wildman–Crippen MR) is 194 cm³/mol. The first-order chi connectivity index (χ1) is 26.6. The molecule has 5 aromatic rings. The standard InChI is InChI=1S/C36H18F6N6O4S4/c37-35(38,39)21-11-23(25-3-1-9-53-25)45-31(19(21)15-43)55-27-13-29(49)47(33(27)51)17-5-7-18(8-6-17)48-30(50)14-28(34(48)52)56-32-20(16-44)22(36(40,41)42)12-24(46-32)26-4-2-10-54-26/h1-12,27-28H,13-14H2/t27-,28+. The molecule has 2 aliphatic heterocycles. The number of halogens is 6. The number of rotatable bonds is 8. The Morgan fingerprint density at radius 2 is 1.02 bits per heavy atom. The molecule has 0 unspecified atom stereocenters. The number of nitrogens with zero attached hydrogens (tertiary/aromatic N) is 6. The summed E-state index contributed by atoms with van der Waals surface area (Å²) >= 11 is 3.36. The van der Waals surface area contributed by atoms with Crippen LogP contribution in [0.25, 0.3) is 21.1 Å². The molecule has 0 saturated carbocycles. The van der Waals surface area contributed by atoms with E-state index in [1.807, 2.05) is 0 Å². The van der Waals surface area contributed by atoms with E-state index in [-0.39, 0.29) is 32.8 Å². The summed E-state index contributed by atoms with van der Waals surface area (Å²) in [5.41, 5.74) is -4.17. The number of benzene rings is 1. The molecule has 6 heterocycles. The van der Waals surface area contributed by atoms with Crippen molar-refractivity contribution in [3.8, 4) is 33.3 Å². The molecule has 4 amide bonds. The number of imide groups is 2. The highest BCUT2D eigenvalue weighted by Crippen LogP contribution is 2.44. The van der Waals surface area contributed by atoms with Gasteiger partial charge in [-0.3, -0.25) is 19.2 Å². The zero-order valence-corrected chi connectivity index (χ0v) is 31.0. The molecular formula is C36H18F6N6O4S4. The van der Waals surface area contributed by atoms with Crippen LogP contribution in [-0.2, 0) is 31.5 Å². The fourth-order valence-electron chi connectivity index (χ4n) is 5.93. The number of thioether (sulfide) groups is 2. The van der Waals surface area contributed by atoms with Crippen LogP contribution in [0.1, 0.15) is 35.1 Å². The Bertz CT molecular complexity index is 2320. The maximum absolute atomic E-state index is 14.0. The van der Waals surface area contributed by atoms with Crippen LogP contribution >= 0.6 is 46.2 Å². The van der Waals surface area contributed by atoms with Crippen LogP contribution in [0.3, 0.4) is 0 Å². The molecule has 2 atom stereocenters. The maximum Gasteiger partial charge on any atom is 0.417 e. The summed E-state index contributed by atoms with van der Waals surface area (Å²) in [5, 5.41) is 19.4. The smallest absolute Gasteiger partial charge is 0.274 e. The van der Waals surface area contributed by atoms with E-state index in [0.717, 1.165) is 44.6 Å². The van der Waals surface area contributed by atoms with E-state index in [9.17, 15) is 56.0 Å². The number of amides is 4. The van der Waals surface area contributed by atoms with E-state index in [0.29, 0.717) is 33.3 Å². The summed E-state index contributed by atoms with van der Waals surface area (Å²) in [6.45, 7) is 0. The summed E-state index contributed by atoms with van der Waals surface area (Å²) in [4.78, 5) is 64.2. The fraction of sp³-hybridized carbons (Fsp3) is 0.167. The quantitative estimate of drug-likeness (QED) is 0.110. The Morgan fingerprint density at radius 3 is 1.32 bits per heavy atom. The van der Waals surface area contributed by atoms with E-state index < -0.39 is 81.6 Å². The Kier molecular flexibility index (Phi) is 10.3. The molecule has 10 nitrogen and oxygen atoms in total. The van der Waals surface area contributed by atoms with E-state index >= 15 is 0 Å². The molecular weight excluding hydrogens is 823 g/mol. The van der Waals surface area contributed by atoms with Gasteiger partial charge in [0.1, 0.15) is 22.2 Å². The van der Waals surface area contributed by atoms with Crippen molar-refractivity contribution in [1.29, 1.82) is 10.5 Å². The molecule has 2 aliphatic rings. The summed E-state index contributed by atoms with van der Waals surface area (Å²) in [6, 6.07) is 16.0. The van der Waals surface area contributed by atoms with E-state index in [4.69, 9.17) is 0 Å². The monoisotopic (exact) mass is 840 g/mol. The molecule has 0 radical (unpaired) electrons. The number of carbonyl (C=O) groups is 4. The molecule has 20 heteroatoms. The largest absolute Gasteiger partial charge is 0.417 e. The molecule has 0 spiro atoms. The Balaban J connectivity index is 1.11. The molecule has 0 N–H and O–H groups in total. The molecule has 2 saturated heterocycles. The van der Waals surface area contributed by atoms with Gasteiger partial charge < -0.3 is 0 Å². The van der Waals surface area contributed by atoms with Gasteiger partial charge >= 0.3 is 12.4 Å². The first-order valence-corrected chi connectivity index (χ1v) is 19.4. The topological polar surface area (TPSA) is 148 Å². The first kappa shape index (κ1) is 38.7. The molecule has 1 aromatic carbocycles. The van der Waals surface area contributed by atoms with Crippen molar-refractivity contribution in [3.05, 3.63) is 93.7 Å². The van der Waals surface area contributed by atoms with Gasteiger partial charge in [0.2, 0.25) is 23.6 Å². The maximum atomic E-state index is 14.0. The zero-order valence-electron chi connectivity index (χ0n) is 27.7. The number of carbonyl (C=O) groups excluding carboxylic acids is 4. The van der Waals surface area contributed by atoms with Crippen molar-refractivity contribution in [3.63, 3.8) is 0 Å². The van der Waals surface area contributed by atoms with Crippen LogP contribution < -0.4 is 9.80 Å². The second kappa shape index (κ2) is 14.8. The number of nitriles is 2. The van der Waals surface area contributed by atoms with Gasteiger partial charge in [-0.1, -0.05) is 35.7 Å². The van der Waals surface area contributed by atoms with E-state index in [2.05, 4.69) is 9.97 Å². The summed E-state index contributed by atoms with van der Waals surface area (Å²) in [7, 11) is 0. The van der Waals surface area contributed by atoms with Crippen molar-refractivity contribution < 1.29 is 45.5 Å². The zero-order chi connectivity index (χ0) is 40.1. The summed E-state index contributed by atoms with van der Waals surface area (Å²) in [5.74, 6) is -3.03. The Labute approximate surface area is 328 Å². The third-order valence-electron chi connectivity index (χ3n) is 8.44. The van der Waals surface area contributed by atoms with Gasteiger partial charge in [0.25, 0.3) is 0 Å². The second-order valence-electron chi connectivity index (χ2n) is 11.9. The second-order valence-corrected chi connectivity index (χ2v) is 16.2. The van der Waals surface area contributed by atoms with Crippen LogP contribution in [0.4, 0.5) is 37.7 Å². The van der Waals surface area contributed by atoms with Gasteiger partial charge in [-0.05, 0) is 59.3 Å². The van der Waals surface area contributed by atoms with Crippen LogP contribution in [0, 0.1) is 22.7 Å². The van der Waals surface area contributed by atoms with Crippen molar-refractivity contribution in [1.82, 2.24) is 9.97 Å². The highest BCUT2D eigenvalue weighted by atomic mass is 32.2. The van der Waals surface area contributed by atoms with Crippen molar-refractivity contribution >= 4 is 81.2 Å². The molecule has 0 bridgehead atoms. The van der Waals surface area contributed by atoms with Gasteiger partial charge in [-0.2, -0.15) is 36.9 Å². The molecule has 2 fully saturated rings. The Hall–Kier alpha value is -5.54. The Morgan fingerprint density at radius 1 is 0.643 bits per heavy atom. The van der Waals surface area contributed by atoms with Gasteiger partial charge in [-0.25, -0.2) is 19.8 Å². The summed E-state index contributed by atoms with van der Waals surface area (Å²) in [6.07, 6.45) is -10.7. The molecule has 0 aliphatic carbocycles. The molecule has 4 aromatic heterocycles. The van der Waals surface area contributed by atoms with Crippen LogP contribution in [0.5, 0.6) is 0 Å². The minimum Gasteiger partial charge on any atom is -0.274 e. The molecule has 56 heavy (non-hydrogen) atoms. The average Bonchev–Trinajstić information content (AvgIpc) is 3.97. The van der Waals surface area contributed by atoms with Gasteiger partial charge in [-0.15, -0.1) is 22.7 Å². The van der Waals surface area contributed by atoms with Gasteiger partial charge in [0.15, 0.2) is 0 Å². The molecule has 7 rings (SSSR count). The highest BCUT2D eigenvalue weighted by molar-refractivity contribution is 8.01. The normalized spacial score (nSPS) is 17.5. The lowest BCUT2D eigenvalue weighted by Gasteiger charge is -2.19. The minimum atomic E-state index is -4.92. The van der Waals surface area contributed by atoms with Crippen LogP contribution in [0.15, 0.2) is 81.5 Å². The lowest BCUT2D eigenvalue weighted by Crippen LogP contribution is -2.32. The number of alkyl halides is 6. The third-order valence-corrected chi connectivity index (χ3v) is 12.6. The third kappa shape index (κ3) is 7.28. The predicted octanol–water partition coefficient (Wildman–Crippen LogP) is 8.56. The number of thiophene rings is 2. The number of pyridine rings is 2. The lowest BCUT2D eigenvalue weighted by atomic mass is 10.1. The first-order valence-electron chi connectivity index (χ1n) is 15.9. The number of hydrogen-bond donors (Lipinski definition) is 0. The average molecular weight is 841 g/mol. The van der Waals surface area contributed by atoms with E-state index in [1.54, 1.807) is 35.0 Å². The van der Waals surface area contributed by atoms with Crippen LogP contribution in [0.2, 0.25) is 0 Å². The SMILES string of the molecule is N#Cc1c(C(F)(F)F)cc(-c2cccs2)nc1S[C@H]1CC(=O)N(c2ccc(N3C(=O)C[C@@H](Sc4nc(-c5cccs5)cc(C(F)(F)F)c4C#N)C3=O)cc2)C1=O. The number of hydrogen-bond acceptors (Lipinski definition) is 12. The highest BCUT2D eigenvalue weighted by Gasteiger charge is 2.45. The molecule has 282 valence electrons.